The third-order valence-electron chi connectivity index (χ3n) is 4.69. The molecule has 0 bridgehead atoms. The van der Waals surface area contributed by atoms with Gasteiger partial charge in [-0.2, -0.15) is 0 Å². The molecule has 1 unspecified atom stereocenters. The molecule has 1 aromatic heterocycles. The maximum atomic E-state index is 12.5. The number of rotatable bonds is 7. The molecule has 1 atom stereocenters. The number of hydrogen-bond donors (Lipinski definition) is 1. The second-order valence-corrected chi connectivity index (χ2v) is 7.36. The molecule has 28 heavy (non-hydrogen) atoms. The van der Waals surface area contributed by atoms with E-state index < -0.39 is 0 Å². The van der Waals surface area contributed by atoms with Crippen molar-refractivity contribution in [3.8, 4) is 5.75 Å². The van der Waals surface area contributed by atoms with Crippen LogP contribution < -0.4 is 10.1 Å². The molecule has 4 nitrogen and oxygen atoms in total. The first-order valence-electron chi connectivity index (χ1n) is 9.62. The van der Waals surface area contributed by atoms with Gasteiger partial charge < -0.3 is 14.5 Å². The molecule has 3 aromatic rings. The van der Waals surface area contributed by atoms with Crippen molar-refractivity contribution in [2.24, 2.45) is 0 Å². The van der Waals surface area contributed by atoms with E-state index in [9.17, 15) is 4.79 Å². The van der Waals surface area contributed by atoms with Crippen molar-refractivity contribution in [3.63, 3.8) is 0 Å². The predicted molar refractivity (Wildman–Crippen MR) is 111 cm³/mol. The number of furan rings is 1. The maximum Gasteiger partial charge on any atom is 0.287 e. The molecule has 0 fully saturated rings. The molecule has 1 N–H and O–H groups in total. The van der Waals surface area contributed by atoms with E-state index in [-0.39, 0.29) is 24.3 Å². The monoisotopic (exact) mass is 377 g/mol. The van der Waals surface area contributed by atoms with Crippen LogP contribution in [0.15, 0.2) is 65.1 Å². The number of benzene rings is 2. The highest BCUT2D eigenvalue weighted by atomic mass is 16.5. The largest absolute Gasteiger partial charge is 0.485 e. The zero-order valence-corrected chi connectivity index (χ0v) is 16.9. The SMILES string of the molecule is Cc1ccc(C(C)C)c(OCc2ccc(C(=O)NC(C)c3ccccc3)o2)c1. The molecule has 0 radical (unpaired) electrons. The van der Waals surface area contributed by atoms with E-state index in [2.05, 4.69) is 31.3 Å². The van der Waals surface area contributed by atoms with E-state index in [0.29, 0.717) is 11.7 Å². The van der Waals surface area contributed by atoms with Gasteiger partial charge in [-0.1, -0.05) is 56.3 Å². The Morgan fingerprint density at radius 3 is 2.50 bits per heavy atom. The van der Waals surface area contributed by atoms with Gasteiger partial charge in [0.1, 0.15) is 18.1 Å². The Labute approximate surface area is 166 Å². The van der Waals surface area contributed by atoms with Crippen LogP contribution in [-0.4, -0.2) is 5.91 Å². The van der Waals surface area contributed by atoms with E-state index in [0.717, 1.165) is 22.4 Å². The van der Waals surface area contributed by atoms with Crippen molar-refractivity contribution < 1.29 is 13.9 Å². The Bertz CT molecular complexity index is 928. The highest BCUT2D eigenvalue weighted by Gasteiger charge is 2.16. The van der Waals surface area contributed by atoms with Crippen molar-refractivity contribution in [3.05, 3.63) is 88.9 Å². The van der Waals surface area contributed by atoms with E-state index in [4.69, 9.17) is 9.15 Å². The normalized spacial score (nSPS) is 12.0. The Kier molecular flexibility index (Phi) is 6.19. The van der Waals surface area contributed by atoms with Gasteiger partial charge >= 0.3 is 0 Å². The third-order valence-corrected chi connectivity index (χ3v) is 4.69. The number of aryl methyl sites for hydroxylation is 1. The van der Waals surface area contributed by atoms with Gasteiger partial charge in [-0.25, -0.2) is 0 Å². The summed E-state index contributed by atoms with van der Waals surface area (Å²) in [6.45, 7) is 8.55. The molecule has 0 aliphatic carbocycles. The number of amides is 1. The van der Waals surface area contributed by atoms with Crippen molar-refractivity contribution in [1.29, 1.82) is 0 Å². The van der Waals surface area contributed by atoms with Gasteiger partial charge in [-0.3, -0.25) is 4.79 Å². The standard InChI is InChI=1S/C24H27NO3/c1-16(2)21-12-10-17(3)14-23(21)27-15-20-11-13-22(28-20)24(26)25-18(4)19-8-6-5-7-9-19/h5-14,16,18H,15H2,1-4H3,(H,25,26). The fraction of sp³-hybridized carbons (Fsp3) is 0.292. The highest BCUT2D eigenvalue weighted by molar-refractivity contribution is 5.91. The van der Waals surface area contributed by atoms with Gasteiger partial charge in [0.2, 0.25) is 0 Å². The predicted octanol–water partition coefficient (Wildman–Crippen LogP) is 5.78. The van der Waals surface area contributed by atoms with E-state index in [1.807, 2.05) is 50.2 Å². The third kappa shape index (κ3) is 4.83. The Balaban J connectivity index is 1.63. The average molecular weight is 377 g/mol. The summed E-state index contributed by atoms with van der Waals surface area (Å²) in [6, 6.07) is 19.4. The minimum atomic E-state index is -0.235. The summed E-state index contributed by atoms with van der Waals surface area (Å²) < 4.78 is 11.7. The number of hydrogen-bond acceptors (Lipinski definition) is 3. The molecular weight excluding hydrogens is 350 g/mol. The zero-order chi connectivity index (χ0) is 20.1. The minimum Gasteiger partial charge on any atom is -0.485 e. The van der Waals surface area contributed by atoms with Gasteiger partial charge in [0.05, 0.1) is 6.04 Å². The minimum absolute atomic E-state index is 0.0978. The lowest BCUT2D eigenvalue weighted by Gasteiger charge is -2.14. The molecule has 0 saturated heterocycles. The Hall–Kier alpha value is -3.01. The number of ether oxygens (including phenoxy) is 1. The molecule has 0 spiro atoms. The quantitative estimate of drug-likeness (QED) is 0.568. The van der Waals surface area contributed by atoms with Crippen LogP contribution >= 0.6 is 0 Å². The lowest BCUT2D eigenvalue weighted by atomic mass is 10.0. The number of carbonyl (C=O) groups is 1. The molecule has 0 aliphatic rings. The summed E-state index contributed by atoms with van der Waals surface area (Å²) in [7, 11) is 0. The van der Waals surface area contributed by atoms with Crippen LogP contribution in [0.1, 0.15) is 65.7 Å². The summed E-state index contributed by atoms with van der Waals surface area (Å²) in [5, 5.41) is 2.96. The van der Waals surface area contributed by atoms with Crippen molar-refractivity contribution in [1.82, 2.24) is 5.32 Å². The summed E-state index contributed by atoms with van der Waals surface area (Å²) in [4.78, 5) is 12.5. The first-order valence-corrected chi connectivity index (χ1v) is 9.62. The van der Waals surface area contributed by atoms with Crippen LogP contribution in [0, 0.1) is 6.92 Å². The first-order chi connectivity index (χ1) is 13.4. The molecule has 3 rings (SSSR count). The van der Waals surface area contributed by atoms with Crippen molar-refractivity contribution in [2.75, 3.05) is 0 Å². The van der Waals surface area contributed by atoms with Crippen molar-refractivity contribution >= 4 is 5.91 Å². The summed E-state index contributed by atoms with van der Waals surface area (Å²) in [6.07, 6.45) is 0. The topological polar surface area (TPSA) is 51.5 Å². The maximum absolute atomic E-state index is 12.5. The van der Waals surface area contributed by atoms with Crippen molar-refractivity contribution in [2.45, 2.75) is 46.3 Å². The van der Waals surface area contributed by atoms with E-state index in [1.54, 1.807) is 12.1 Å². The lowest BCUT2D eigenvalue weighted by Crippen LogP contribution is -2.26. The smallest absolute Gasteiger partial charge is 0.287 e. The first kappa shape index (κ1) is 19.7. The fourth-order valence-corrected chi connectivity index (χ4v) is 3.06. The van der Waals surface area contributed by atoms with Gasteiger partial charge in [-0.15, -0.1) is 0 Å². The number of nitrogens with one attached hydrogen (secondary N) is 1. The zero-order valence-electron chi connectivity index (χ0n) is 16.9. The van der Waals surface area contributed by atoms with Gasteiger partial charge in [0, 0.05) is 0 Å². The molecule has 1 amide bonds. The number of carbonyl (C=O) groups excluding carboxylic acids is 1. The van der Waals surface area contributed by atoms with Crippen LogP contribution in [-0.2, 0) is 6.61 Å². The molecule has 1 heterocycles. The second-order valence-electron chi connectivity index (χ2n) is 7.36. The molecule has 2 aromatic carbocycles. The van der Waals surface area contributed by atoms with Crippen LogP contribution in [0.25, 0.3) is 0 Å². The fourth-order valence-electron chi connectivity index (χ4n) is 3.06. The molecule has 0 aliphatic heterocycles. The molecule has 146 valence electrons. The van der Waals surface area contributed by atoms with E-state index in [1.165, 1.54) is 0 Å². The molecule has 4 heteroatoms. The summed E-state index contributed by atoms with van der Waals surface area (Å²) in [5.41, 5.74) is 3.35. The second kappa shape index (κ2) is 8.79. The van der Waals surface area contributed by atoms with Gasteiger partial charge in [0.15, 0.2) is 5.76 Å². The van der Waals surface area contributed by atoms with E-state index >= 15 is 0 Å². The van der Waals surface area contributed by atoms with Crippen LogP contribution in [0.4, 0.5) is 0 Å². The Morgan fingerprint density at radius 2 is 1.79 bits per heavy atom. The highest BCUT2D eigenvalue weighted by Crippen LogP contribution is 2.28. The van der Waals surface area contributed by atoms with Gasteiger partial charge in [-0.05, 0) is 54.7 Å². The van der Waals surface area contributed by atoms with Crippen LogP contribution in [0.2, 0.25) is 0 Å². The van der Waals surface area contributed by atoms with Gasteiger partial charge in [0.25, 0.3) is 5.91 Å². The molecular formula is C24H27NO3. The lowest BCUT2D eigenvalue weighted by molar-refractivity contribution is 0.0907. The average Bonchev–Trinajstić information content (AvgIpc) is 3.16. The van der Waals surface area contributed by atoms with Crippen LogP contribution in [0.5, 0.6) is 5.75 Å². The molecule has 0 saturated carbocycles. The Morgan fingerprint density at radius 1 is 1.04 bits per heavy atom. The van der Waals surface area contributed by atoms with Crippen LogP contribution in [0.3, 0.4) is 0 Å². The summed E-state index contributed by atoms with van der Waals surface area (Å²) in [5.74, 6) is 1.90. The summed E-state index contributed by atoms with van der Waals surface area (Å²) >= 11 is 0.